The largest absolute Gasteiger partial charge is 0.469 e. The van der Waals surface area contributed by atoms with Crippen molar-refractivity contribution in [2.75, 3.05) is 7.11 Å². The van der Waals surface area contributed by atoms with Crippen molar-refractivity contribution in [2.24, 2.45) is 0 Å². The summed E-state index contributed by atoms with van der Waals surface area (Å²) in [4.78, 5) is 10.9. The smallest absolute Gasteiger partial charge is 0.305 e. The van der Waals surface area contributed by atoms with Crippen LogP contribution in [0.2, 0.25) is 0 Å². The monoisotopic (exact) mass is 224 g/mol. The van der Waals surface area contributed by atoms with Crippen LogP contribution < -0.4 is 0 Å². The molecule has 1 rings (SSSR count). The second kappa shape index (κ2) is 6.48. The van der Waals surface area contributed by atoms with Crippen LogP contribution in [0.25, 0.3) is 0 Å². The number of esters is 1. The van der Waals surface area contributed by atoms with E-state index in [2.05, 4.69) is 17.9 Å². The third kappa shape index (κ3) is 3.81. The second-order valence-electron chi connectivity index (χ2n) is 4.10. The lowest BCUT2D eigenvalue weighted by atomic mass is 10.0. The Morgan fingerprint density at radius 3 is 3.06 bits per heavy atom. The van der Waals surface area contributed by atoms with Gasteiger partial charge in [0.2, 0.25) is 0 Å². The predicted octanol–water partition coefficient (Wildman–Crippen LogP) is 2.62. The summed E-state index contributed by atoms with van der Waals surface area (Å²) in [6.07, 6.45) is 6.09. The Morgan fingerprint density at radius 2 is 2.44 bits per heavy atom. The van der Waals surface area contributed by atoms with Gasteiger partial charge in [0.05, 0.1) is 19.3 Å². The van der Waals surface area contributed by atoms with Crippen LogP contribution in [-0.4, -0.2) is 25.3 Å². The number of hydrogen-bond donors (Lipinski definition) is 0. The van der Waals surface area contributed by atoms with Crippen LogP contribution in [0, 0.1) is 0 Å². The van der Waals surface area contributed by atoms with Gasteiger partial charge in [-0.1, -0.05) is 12.7 Å². The first kappa shape index (κ1) is 13.0. The highest BCUT2D eigenvalue weighted by Gasteiger charge is 2.27. The van der Waals surface area contributed by atoms with E-state index in [1.54, 1.807) is 0 Å². The van der Waals surface area contributed by atoms with Crippen molar-refractivity contribution in [3.63, 3.8) is 0 Å². The van der Waals surface area contributed by atoms with E-state index in [0.717, 1.165) is 31.3 Å². The molecule has 1 fully saturated rings. The molecule has 3 heteroatoms. The number of carbonyl (C=O) groups is 1. The highest BCUT2D eigenvalue weighted by molar-refractivity contribution is 5.68. The molecule has 1 heterocycles. The Kier molecular flexibility index (Phi) is 5.26. The van der Waals surface area contributed by atoms with E-state index in [0.29, 0.717) is 6.42 Å². The van der Waals surface area contributed by atoms with Gasteiger partial charge in [-0.25, -0.2) is 0 Å². The minimum Gasteiger partial charge on any atom is -0.469 e. The lowest BCUT2D eigenvalue weighted by Crippen LogP contribution is -2.11. The molecule has 2 atom stereocenters. The average Bonchev–Trinajstić information content (AvgIpc) is 2.60. The summed E-state index contributed by atoms with van der Waals surface area (Å²) in [5.41, 5.74) is 1.14. The van der Waals surface area contributed by atoms with Crippen LogP contribution in [-0.2, 0) is 14.3 Å². The van der Waals surface area contributed by atoms with Gasteiger partial charge in [-0.15, -0.1) is 6.58 Å². The Morgan fingerprint density at radius 1 is 1.69 bits per heavy atom. The van der Waals surface area contributed by atoms with Gasteiger partial charge in [-0.3, -0.25) is 4.79 Å². The maximum atomic E-state index is 10.9. The van der Waals surface area contributed by atoms with E-state index >= 15 is 0 Å². The Hall–Kier alpha value is -1.09. The van der Waals surface area contributed by atoms with E-state index in [4.69, 9.17) is 4.74 Å². The minimum atomic E-state index is -0.153. The zero-order valence-electron chi connectivity index (χ0n) is 9.91. The zero-order chi connectivity index (χ0) is 12.0. The molecule has 3 nitrogen and oxygen atoms in total. The molecule has 0 radical (unpaired) electrons. The fraction of sp³-hybridized carbons (Fsp3) is 0.615. The maximum absolute atomic E-state index is 10.9. The molecular formula is C13H20O3. The van der Waals surface area contributed by atoms with Gasteiger partial charge in [-0.05, 0) is 31.3 Å². The molecule has 1 saturated heterocycles. The Bertz CT molecular complexity index is 270. The first-order chi connectivity index (χ1) is 7.67. The highest BCUT2D eigenvalue weighted by atomic mass is 16.5. The van der Waals surface area contributed by atoms with E-state index in [9.17, 15) is 4.79 Å². The van der Waals surface area contributed by atoms with Gasteiger partial charge in [0.15, 0.2) is 0 Å². The maximum Gasteiger partial charge on any atom is 0.305 e. The number of methoxy groups -OCH3 is 1. The molecule has 90 valence electrons. The Labute approximate surface area is 97.1 Å². The van der Waals surface area contributed by atoms with Crippen molar-refractivity contribution in [1.29, 1.82) is 0 Å². The molecule has 0 saturated carbocycles. The summed E-state index contributed by atoms with van der Waals surface area (Å²) in [6.45, 7) is 7.70. The second-order valence-corrected chi connectivity index (χ2v) is 4.10. The standard InChI is InChI=1S/C13H20O3/c1-4-6-12-10(2)9-11(16-12)7-5-8-13(14)15-3/h4,11-12H,1-2,5-9H2,3H3/t11-,12-/m0/s1. The third-order valence-electron chi connectivity index (χ3n) is 2.82. The summed E-state index contributed by atoms with van der Waals surface area (Å²) in [5, 5.41) is 0. The van der Waals surface area contributed by atoms with Crippen LogP contribution in [0.15, 0.2) is 24.8 Å². The zero-order valence-corrected chi connectivity index (χ0v) is 9.91. The number of rotatable bonds is 6. The number of ether oxygens (including phenoxy) is 2. The quantitative estimate of drug-likeness (QED) is 0.514. The van der Waals surface area contributed by atoms with E-state index < -0.39 is 0 Å². The van der Waals surface area contributed by atoms with Crippen LogP contribution in [0.5, 0.6) is 0 Å². The lowest BCUT2D eigenvalue weighted by Gasteiger charge is -2.11. The number of carbonyl (C=O) groups excluding carboxylic acids is 1. The molecule has 16 heavy (non-hydrogen) atoms. The van der Waals surface area contributed by atoms with Gasteiger partial charge in [0.25, 0.3) is 0 Å². The molecule has 0 aromatic rings. The fourth-order valence-corrected chi connectivity index (χ4v) is 1.92. The molecule has 0 N–H and O–H groups in total. The summed E-state index contributed by atoms with van der Waals surface area (Å²) >= 11 is 0. The van der Waals surface area contributed by atoms with E-state index in [-0.39, 0.29) is 18.2 Å². The average molecular weight is 224 g/mol. The van der Waals surface area contributed by atoms with Crippen molar-refractivity contribution in [3.05, 3.63) is 24.8 Å². The lowest BCUT2D eigenvalue weighted by molar-refractivity contribution is -0.140. The number of hydrogen-bond acceptors (Lipinski definition) is 3. The van der Waals surface area contributed by atoms with Gasteiger partial charge in [0.1, 0.15) is 0 Å². The first-order valence-electron chi connectivity index (χ1n) is 5.68. The van der Waals surface area contributed by atoms with Crippen LogP contribution in [0.3, 0.4) is 0 Å². The predicted molar refractivity (Wildman–Crippen MR) is 63.1 cm³/mol. The van der Waals surface area contributed by atoms with Crippen molar-refractivity contribution in [1.82, 2.24) is 0 Å². The molecule has 0 unspecified atom stereocenters. The first-order valence-corrected chi connectivity index (χ1v) is 5.68. The minimum absolute atomic E-state index is 0.126. The fourth-order valence-electron chi connectivity index (χ4n) is 1.92. The highest BCUT2D eigenvalue weighted by Crippen LogP contribution is 2.29. The molecule has 0 aromatic carbocycles. The molecule has 0 bridgehead atoms. The molecule has 0 aliphatic carbocycles. The summed E-state index contributed by atoms with van der Waals surface area (Å²) in [7, 11) is 1.41. The van der Waals surface area contributed by atoms with E-state index in [1.165, 1.54) is 7.11 Å². The Balaban J connectivity index is 2.22. The summed E-state index contributed by atoms with van der Waals surface area (Å²) in [6, 6.07) is 0. The van der Waals surface area contributed by atoms with Crippen LogP contribution in [0.4, 0.5) is 0 Å². The van der Waals surface area contributed by atoms with Gasteiger partial charge in [-0.2, -0.15) is 0 Å². The third-order valence-corrected chi connectivity index (χ3v) is 2.82. The van der Waals surface area contributed by atoms with Gasteiger partial charge in [0, 0.05) is 6.42 Å². The SMILES string of the molecule is C=CC[C@@H]1O[C@@H](CCCC(=O)OC)CC1=C. The molecule has 0 spiro atoms. The molecule has 1 aliphatic heterocycles. The molecule has 0 aromatic heterocycles. The van der Waals surface area contributed by atoms with Crippen LogP contribution >= 0.6 is 0 Å². The van der Waals surface area contributed by atoms with Gasteiger partial charge < -0.3 is 9.47 Å². The topological polar surface area (TPSA) is 35.5 Å². The van der Waals surface area contributed by atoms with Gasteiger partial charge >= 0.3 is 5.97 Å². The molecular weight excluding hydrogens is 204 g/mol. The van der Waals surface area contributed by atoms with Crippen molar-refractivity contribution < 1.29 is 14.3 Å². The summed E-state index contributed by atoms with van der Waals surface area (Å²) in [5.74, 6) is -0.153. The molecule has 1 aliphatic rings. The summed E-state index contributed by atoms with van der Waals surface area (Å²) < 4.78 is 10.4. The molecule has 0 amide bonds. The normalized spacial score (nSPS) is 24.4. The van der Waals surface area contributed by atoms with Crippen molar-refractivity contribution in [2.45, 2.75) is 44.3 Å². The van der Waals surface area contributed by atoms with E-state index in [1.807, 2.05) is 6.08 Å². The van der Waals surface area contributed by atoms with Crippen LogP contribution in [0.1, 0.15) is 32.1 Å². The van der Waals surface area contributed by atoms with Crippen molar-refractivity contribution >= 4 is 5.97 Å². The van der Waals surface area contributed by atoms with Crippen molar-refractivity contribution in [3.8, 4) is 0 Å².